The Morgan fingerprint density at radius 1 is 0.867 bits per heavy atom. The van der Waals surface area contributed by atoms with E-state index in [1.54, 1.807) is 0 Å². The summed E-state index contributed by atoms with van der Waals surface area (Å²) in [6, 6.07) is 0. The van der Waals surface area contributed by atoms with Crippen LogP contribution in [0.2, 0.25) is 0 Å². The molecule has 3 N–H and O–H groups in total. The fourth-order valence-corrected chi connectivity index (χ4v) is 2.03. The molecule has 0 radical (unpaired) electrons. The van der Waals surface area contributed by atoms with Gasteiger partial charge in [-0.05, 0) is 19.3 Å². The van der Waals surface area contributed by atoms with Crippen molar-refractivity contribution in [3.05, 3.63) is 0 Å². The van der Waals surface area contributed by atoms with Gasteiger partial charge >= 0.3 is 0 Å². The van der Waals surface area contributed by atoms with Crippen LogP contribution in [0.4, 0.5) is 0 Å². The maximum Gasteiger partial charge on any atom is 0.264 e. The van der Waals surface area contributed by atoms with Gasteiger partial charge < -0.3 is 5.11 Å². The number of rotatable bonds is 7. The normalized spacial score (nSPS) is 15.1. The molecule has 1 atom stereocenters. The SMILES string of the molecule is O=S(=O)(O)CCC[C@H](O)CCS(=O)(=O)O. The van der Waals surface area contributed by atoms with Crippen molar-refractivity contribution in [2.45, 2.75) is 25.4 Å². The van der Waals surface area contributed by atoms with E-state index < -0.39 is 37.8 Å². The molecule has 0 spiro atoms. The highest BCUT2D eigenvalue weighted by Crippen LogP contribution is 2.04. The zero-order valence-corrected chi connectivity index (χ0v) is 9.54. The predicted octanol–water partition coefficient (Wildman–Crippen LogP) is -0.707. The van der Waals surface area contributed by atoms with Gasteiger partial charge in [0.25, 0.3) is 20.2 Å². The summed E-state index contributed by atoms with van der Waals surface area (Å²) < 4.78 is 57.8. The highest BCUT2D eigenvalue weighted by molar-refractivity contribution is 7.86. The van der Waals surface area contributed by atoms with Crippen LogP contribution in [0, 0.1) is 0 Å². The van der Waals surface area contributed by atoms with Crippen LogP contribution in [0.15, 0.2) is 0 Å². The van der Waals surface area contributed by atoms with E-state index in [1.165, 1.54) is 0 Å². The molecule has 7 nitrogen and oxygen atoms in total. The number of hydrogen-bond donors (Lipinski definition) is 3. The van der Waals surface area contributed by atoms with Crippen molar-refractivity contribution in [1.29, 1.82) is 0 Å². The summed E-state index contributed by atoms with van der Waals surface area (Å²) in [5, 5.41) is 9.16. The molecule has 0 aromatic rings. The van der Waals surface area contributed by atoms with E-state index in [9.17, 15) is 16.8 Å². The number of hydrogen-bond acceptors (Lipinski definition) is 5. The lowest BCUT2D eigenvalue weighted by molar-refractivity contribution is 0.159. The Morgan fingerprint density at radius 2 is 1.33 bits per heavy atom. The predicted molar refractivity (Wildman–Crippen MR) is 52.7 cm³/mol. The van der Waals surface area contributed by atoms with Crippen molar-refractivity contribution in [2.75, 3.05) is 11.5 Å². The van der Waals surface area contributed by atoms with Gasteiger partial charge in [-0.3, -0.25) is 9.11 Å². The van der Waals surface area contributed by atoms with Gasteiger partial charge in [-0.2, -0.15) is 16.8 Å². The lowest BCUT2D eigenvalue weighted by Crippen LogP contribution is -2.15. The third kappa shape index (κ3) is 11.7. The van der Waals surface area contributed by atoms with Gasteiger partial charge in [0.15, 0.2) is 0 Å². The second-order valence-electron chi connectivity index (χ2n) is 3.16. The number of aliphatic hydroxyl groups is 1. The van der Waals surface area contributed by atoms with Gasteiger partial charge in [0.2, 0.25) is 0 Å². The van der Waals surface area contributed by atoms with Crippen LogP contribution in [0.3, 0.4) is 0 Å². The molecule has 0 bridgehead atoms. The van der Waals surface area contributed by atoms with E-state index in [2.05, 4.69) is 0 Å². The molecule has 0 aliphatic heterocycles. The molecule has 0 rings (SSSR count). The molecule has 0 aliphatic carbocycles. The second kappa shape index (κ2) is 5.75. The summed E-state index contributed by atoms with van der Waals surface area (Å²) >= 11 is 0. The summed E-state index contributed by atoms with van der Waals surface area (Å²) in [4.78, 5) is 0. The summed E-state index contributed by atoms with van der Waals surface area (Å²) in [5.74, 6) is -1.05. The molecule has 0 heterocycles. The molecule has 0 saturated heterocycles. The van der Waals surface area contributed by atoms with Crippen molar-refractivity contribution < 1.29 is 31.0 Å². The molecule has 0 amide bonds. The topological polar surface area (TPSA) is 129 Å². The smallest absolute Gasteiger partial charge is 0.264 e. The van der Waals surface area contributed by atoms with E-state index in [1.807, 2.05) is 0 Å². The van der Waals surface area contributed by atoms with Crippen molar-refractivity contribution in [2.24, 2.45) is 0 Å². The van der Waals surface area contributed by atoms with Crippen molar-refractivity contribution in [1.82, 2.24) is 0 Å². The molecule has 0 fully saturated rings. The minimum Gasteiger partial charge on any atom is -0.393 e. The third-order valence-corrected chi connectivity index (χ3v) is 3.20. The molecule has 0 unspecified atom stereocenters. The monoisotopic (exact) mass is 262 g/mol. The Labute approximate surface area is 88.6 Å². The summed E-state index contributed by atoms with van der Waals surface area (Å²) in [6.07, 6.45) is -1.08. The molecule has 0 aliphatic rings. The summed E-state index contributed by atoms with van der Waals surface area (Å²) in [7, 11) is -8.14. The van der Waals surface area contributed by atoms with Crippen molar-refractivity contribution in [3.8, 4) is 0 Å². The van der Waals surface area contributed by atoms with Crippen LogP contribution in [-0.2, 0) is 20.2 Å². The van der Waals surface area contributed by atoms with Gasteiger partial charge in [0, 0.05) is 0 Å². The first kappa shape index (κ1) is 14.8. The van der Waals surface area contributed by atoms with Crippen molar-refractivity contribution >= 4 is 20.2 Å². The van der Waals surface area contributed by atoms with Gasteiger partial charge in [-0.1, -0.05) is 0 Å². The average Bonchev–Trinajstić information content (AvgIpc) is 1.97. The quantitative estimate of drug-likeness (QED) is 0.517. The van der Waals surface area contributed by atoms with E-state index in [0.29, 0.717) is 0 Å². The Bertz CT molecular complexity index is 368. The summed E-state index contributed by atoms with van der Waals surface area (Å²) in [5.41, 5.74) is 0. The lowest BCUT2D eigenvalue weighted by atomic mass is 10.2. The van der Waals surface area contributed by atoms with Crippen LogP contribution in [0.5, 0.6) is 0 Å². The van der Waals surface area contributed by atoms with Gasteiger partial charge in [0.1, 0.15) is 0 Å². The second-order valence-corrected chi connectivity index (χ2v) is 6.30. The van der Waals surface area contributed by atoms with E-state index in [-0.39, 0.29) is 19.3 Å². The molecule has 0 aromatic heterocycles. The molecule has 15 heavy (non-hydrogen) atoms. The molecule has 92 valence electrons. The highest BCUT2D eigenvalue weighted by atomic mass is 32.2. The molecule has 0 aromatic carbocycles. The highest BCUT2D eigenvalue weighted by Gasteiger charge is 2.12. The zero-order chi connectivity index (χ0) is 12.1. The minimum absolute atomic E-state index is 0.0332. The average molecular weight is 262 g/mol. The van der Waals surface area contributed by atoms with Crippen LogP contribution in [0.25, 0.3) is 0 Å². The van der Waals surface area contributed by atoms with Gasteiger partial charge in [-0.15, -0.1) is 0 Å². The first-order chi connectivity index (χ1) is 6.60. The number of aliphatic hydroxyl groups excluding tert-OH is 1. The molecular formula is C6H14O7S2. The standard InChI is InChI=1S/C6H14O7S2/c7-6(3-5-15(11,12)13)2-1-4-14(8,9)10/h6-7H,1-5H2,(H,8,9,10)(H,11,12,13)/t6-/m0/s1. The first-order valence-corrected chi connectivity index (χ1v) is 7.40. The van der Waals surface area contributed by atoms with Crippen LogP contribution in [-0.4, -0.2) is 48.7 Å². The van der Waals surface area contributed by atoms with E-state index in [0.717, 1.165) is 0 Å². The van der Waals surface area contributed by atoms with E-state index >= 15 is 0 Å². The van der Waals surface area contributed by atoms with Gasteiger partial charge in [-0.25, -0.2) is 0 Å². The Morgan fingerprint density at radius 3 is 1.73 bits per heavy atom. The van der Waals surface area contributed by atoms with E-state index in [4.69, 9.17) is 14.2 Å². The van der Waals surface area contributed by atoms with Crippen molar-refractivity contribution in [3.63, 3.8) is 0 Å². The lowest BCUT2D eigenvalue weighted by Gasteiger charge is -2.07. The van der Waals surface area contributed by atoms with Crippen LogP contribution < -0.4 is 0 Å². The Hall–Kier alpha value is -0.220. The maximum atomic E-state index is 10.3. The maximum absolute atomic E-state index is 10.3. The summed E-state index contributed by atoms with van der Waals surface area (Å²) in [6.45, 7) is 0. The third-order valence-electron chi connectivity index (χ3n) is 1.65. The Kier molecular flexibility index (Phi) is 5.67. The molecule has 9 heteroatoms. The fourth-order valence-electron chi connectivity index (χ4n) is 0.931. The zero-order valence-electron chi connectivity index (χ0n) is 7.90. The van der Waals surface area contributed by atoms with Crippen LogP contribution >= 0.6 is 0 Å². The van der Waals surface area contributed by atoms with Crippen LogP contribution in [0.1, 0.15) is 19.3 Å². The minimum atomic E-state index is -4.10. The van der Waals surface area contributed by atoms with Gasteiger partial charge in [0.05, 0.1) is 17.6 Å². The molecular weight excluding hydrogens is 248 g/mol. The fraction of sp³-hybridized carbons (Fsp3) is 1.00. The largest absolute Gasteiger partial charge is 0.393 e. The molecule has 0 saturated carbocycles. The Balaban J connectivity index is 3.72. The first-order valence-electron chi connectivity index (χ1n) is 4.18.